The molecule has 0 unspecified atom stereocenters. The van der Waals surface area contributed by atoms with Gasteiger partial charge in [0.1, 0.15) is 11.6 Å². The van der Waals surface area contributed by atoms with Crippen LogP contribution >= 0.6 is 0 Å². The fourth-order valence-electron chi connectivity index (χ4n) is 7.06. The maximum atomic E-state index is 12.2. The molecule has 0 amide bonds. The highest BCUT2D eigenvalue weighted by atomic mass is 17.2. The average Bonchev–Trinajstić information content (AvgIpc) is 3.59. The van der Waals surface area contributed by atoms with Gasteiger partial charge in [0.2, 0.25) is 0 Å². The highest BCUT2D eigenvalue weighted by molar-refractivity contribution is 5.69. The number of aryl methyl sites for hydroxylation is 1. The molecule has 2 heterocycles. The van der Waals surface area contributed by atoms with Crippen molar-refractivity contribution in [3.63, 3.8) is 0 Å². The van der Waals surface area contributed by atoms with E-state index >= 15 is 0 Å². The predicted octanol–water partition coefficient (Wildman–Crippen LogP) is 10.4. The molecule has 1 saturated carbocycles. The van der Waals surface area contributed by atoms with Gasteiger partial charge in [-0.2, -0.15) is 4.89 Å². The normalized spacial score (nSPS) is 18.0. The number of unbranched alkanes of at least 4 members (excludes halogenated alkanes) is 19. The Balaban J connectivity index is 1.09. The van der Waals surface area contributed by atoms with Gasteiger partial charge in [-0.15, -0.1) is 0 Å². The van der Waals surface area contributed by atoms with E-state index in [2.05, 4.69) is 35.0 Å². The Morgan fingerprint density at radius 1 is 0.894 bits per heavy atom. The van der Waals surface area contributed by atoms with E-state index < -0.39 is 6.10 Å². The highest BCUT2D eigenvalue weighted by Crippen LogP contribution is 2.42. The second-order valence-corrected chi connectivity index (χ2v) is 14.0. The van der Waals surface area contributed by atoms with Crippen molar-refractivity contribution in [2.45, 2.75) is 180 Å². The lowest BCUT2D eigenvalue weighted by Crippen LogP contribution is -2.13. The van der Waals surface area contributed by atoms with Crippen LogP contribution in [0.3, 0.4) is 0 Å². The summed E-state index contributed by atoms with van der Waals surface area (Å²) in [6, 6.07) is -0.0704. The van der Waals surface area contributed by atoms with Gasteiger partial charge >= 0.3 is 0 Å². The minimum absolute atomic E-state index is 0.0704. The van der Waals surface area contributed by atoms with Crippen molar-refractivity contribution in [1.29, 1.82) is 0 Å². The van der Waals surface area contributed by atoms with Crippen molar-refractivity contribution in [3.8, 4) is 0 Å². The molecule has 1 fully saturated rings. The van der Waals surface area contributed by atoms with Crippen LogP contribution in [0.1, 0.15) is 173 Å². The number of allylic oxidation sites excluding steroid dienone is 1. The summed E-state index contributed by atoms with van der Waals surface area (Å²) in [4.78, 5) is 34.5. The first-order valence-corrected chi connectivity index (χ1v) is 19.2. The van der Waals surface area contributed by atoms with Crippen molar-refractivity contribution in [2.75, 3.05) is 6.61 Å². The molecule has 3 atom stereocenters. The Morgan fingerprint density at radius 3 is 2.06 bits per heavy atom. The van der Waals surface area contributed by atoms with Crippen LogP contribution in [0.25, 0.3) is 11.2 Å². The fraction of sp³-hybridized carbons (Fsp3) is 0.769. The van der Waals surface area contributed by atoms with E-state index in [1.165, 1.54) is 116 Å². The van der Waals surface area contributed by atoms with Crippen LogP contribution in [0, 0.1) is 12.8 Å². The van der Waals surface area contributed by atoms with Crippen LogP contribution in [0.15, 0.2) is 35.6 Å². The van der Waals surface area contributed by atoms with Gasteiger partial charge in [-0.05, 0) is 38.2 Å². The number of imidazole rings is 1. The molecule has 1 aliphatic carbocycles. The molecule has 8 nitrogen and oxygen atoms in total. The number of fused-ring (bicyclic) bond motifs is 1. The standard InChI is InChI=1S/C39H66N4O4/c1-5-6-7-8-9-10-16-19-22-25-28-46-47-31(2)26-23-20-17-14-12-11-13-15-18-21-24-27-34-32(3)35(29-36(34)44)43-30-40-37-38(43)41-33(4)42-39(37)45/h30,34-36,44H,2-3,5-29H2,1,4H3,(H,41,42,45)/t34-,35-,36-/m0/s1. The van der Waals surface area contributed by atoms with Crippen LogP contribution in [0.5, 0.6) is 0 Å². The molecule has 2 aromatic rings. The Morgan fingerprint density at radius 2 is 1.45 bits per heavy atom. The molecule has 2 N–H and O–H groups in total. The van der Waals surface area contributed by atoms with Crippen LogP contribution in [0.4, 0.5) is 0 Å². The molecule has 8 heteroatoms. The number of nitrogens with zero attached hydrogens (tertiary/aromatic N) is 3. The van der Waals surface area contributed by atoms with Crippen LogP contribution < -0.4 is 5.56 Å². The second-order valence-electron chi connectivity index (χ2n) is 14.0. The van der Waals surface area contributed by atoms with E-state index in [-0.39, 0.29) is 17.5 Å². The summed E-state index contributed by atoms with van der Waals surface area (Å²) < 4.78 is 1.92. The summed E-state index contributed by atoms with van der Waals surface area (Å²) in [5.74, 6) is 1.42. The van der Waals surface area contributed by atoms with Gasteiger partial charge in [0, 0.05) is 12.3 Å². The first-order valence-electron chi connectivity index (χ1n) is 19.2. The van der Waals surface area contributed by atoms with E-state index in [9.17, 15) is 9.90 Å². The summed E-state index contributed by atoms with van der Waals surface area (Å²) in [6.45, 7) is 13.1. The fourth-order valence-corrected chi connectivity index (χ4v) is 7.06. The molecule has 0 bridgehead atoms. The van der Waals surface area contributed by atoms with Gasteiger partial charge in [0.05, 0.1) is 25.1 Å². The molecule has 3 rings (SSSR count). The molecule has 0 spiro atoms. The lowest BCUT2D eigenvalue weighted by Gasteiger charge is -2.17. The van der Waals surface area contributed by atoms with Gasteiger partial charge in [-0.3, -0.25) is 4.79 Å². The number of H-pyrrole nitrogens is 1. The first kappa shape index (κ1) is 39.0. The van der Waals surface area contributed by atoms with E-state index in [0.29, 0.717) is 30.0 Å². The molecular formula is C39H66N4O4. The van der Waals surface area contributed by atoms with Crippen molar-refractivity contribution >= 4 is 11.2 Å². The maximum Gasteiger partial charge on any atom is 0.279 e. The Kier molecular flexibility index (Phi) is 19.1. The Bertz CT molecular complexity index is 1220. The zero-order valence-electron chi connectivity index (χ0n) is 29.9. The number of aromatic nitrogens is 4. The molecule has 0 radical (unpaired) electrons. The van der Waals surface area contributed by atoms with Gasteiger partial charge in [0.25, 0.3) is 5.56 Å². The second kappa shape index (κ2) is 23.0. The topological polar surface area (TPSA) is 102 Å². The van der Waals surface area contributed by atoms with Crippen molar-refractivity contribution in [3.05, 3.63) is 47.0 Å². The van der Waals surface area contributed by atoms with Crippen LogP contribution in [-0.2, 0) is 9.78 Å². The number of rotatable bonds is 28. The smallest absolute Gasteiger partial charge is 0.279 e. The number of aliphatic hydroxyl groups excluding tert-OH is 1. The monoisotopic (exact) mass is 655 g/mol. The zero-order valence-corrected chi connectivity index (χ0v) is 29.9. The number of nitrogens with one attached hydrogen (secondary N) is 1. The Hall–Kier alpha value is -2.45. The third kappa shape index (κ3) is 14.3. The lowest BCUT2D eigenvalue weighted by atomic mass is 9.94. The number of aliphatic hydroxyl groups is 1. The van der Waals surface area contributed by atoms with E-state index in [4.69, 9.17) is 9.78 Å². The zero-order chi connectivity index (χ0) is 33.7. The third-order valence-electron chi connectivity index (χ3n) is 9.95. The lowest BCUT2D eigenvalue weighted by molar-refractivity contribution is -0.264. The molecular weight excluding hydrogens is 588 g/mol. The average molecular weight is 655 g/mol. The largest absolute Gasteiger partial charge is 0.392 e. The number of hydrogen-bond acceptors (Lipinski definition) is 6. The Labute approximate surface area is 284 Å². The summed E-state index contributed by atoms with van der Waals surface area (Å²) in [7, 11) is 0. The molecule has 0 aromatic carbocycles. The molecule has 1 aliphatic rings. The van der Waals surface area contributed by atoms with Gasteiger partial charge in [-0.25, -0.2) is 9.97 Å². The van der Waals surface area contributed by atoms with E-state index in [1.807, 2.05) is 4.57 Å². The third-order valence-corrected chi connectivity index (χ3v) is 9.95. The number of hydrogen-bond donors (Lipinski definition) is 2. The van der Waals surface area contributed by atoms with Gasteiger partial charge < -0.3 is 19.5 Å². The summed E-state index contributed by atoms with van der Waals surface area (Å²) in [5, 5.41) is 10.8. The maximum absolute atomic E-state index is 12.2. The first-order chi connectivity index (χ1) is 22.9. The summed E-state index contributed by atoms with van der Waals surface area (Å²) in [5.41, 5.74) is 1.71. The molecule has 0 aliphatic heterocycles. The molecule has 47 heavy (non-hydrogen) atoms. The van der Waals surface area contributed by atoms with Gasteiger partial charge in [0.15, 0.2) is 11.2 Å². The minimum atomic E-state index is -0.411. The van der Waals surface area contributed by atoms with E-state index in [0.717, 1.165) is 43.4 Å². The van der Waals surface area contributed by atoms with Crippen molar-refractivity contribution < 1.29 is 14.9 Å². The highest BCUT2D eigenvalue weighted by Gasteiger charge is 2.37. The minimum Gasteiger partial charge on any atom is -0.392 e. The quantitative estimate of drug-likeness (QED) is 0.0311. The van der Waals surface area contributed by atoms with Crippen molar-refractivity contribution in [2.24, 2.45) is 5.92 Å². The number of aromatic amines is 1. The van der Waals surface area contributed by atoms with Crippen LogP contribution in [-0.4, -0.2) is 37.3 Å². The van der Waals surface area contributed by atoms with E-state index in [1.54, 1.807) is 13.3 Å². The van der Waals surface area contributed by atoms with Gasteiger partial charge in [-0.1, -0.05) is 142 Å². The summed E-state index contributed by atoms with van der Waals surface area (Å²) in [6.07, 6.45) is 30.7. The molecule has 2 aromatic heterocycles. The molecule has 0 saturated heterocycles. The summed E-state index contributed by atoms with van der Waals surface area (Å²) >= 11 is 0. The van der Waals surface area contributed by atoms with Crippen molar-refractivity contribution in [1.82, 2.24) is 19.5 Å². The predicted molar refractivity (Wildman–Crippen MR) is 193 cm³/mol. The SMILES string of the molecule is C=C(CCCCCCCCCCCCC[C@H]1C(=C)[C@@H](n2cnc3c(=O)[nH]c(C)nc32)C[C@@H]1O)OOCCCCCCCCCCCC. The molecule has 266 valence electrons. The van der Waals surface area contributed by atoms with Crippen LogP contribution in [0.2, 0.25) is 0 Å².